The van der Waals surface area contributed by atoms with Gasteiger partial charge < -0.3 is 4.98 Å². The number of benzene rings is 3. The highest BCUT2D eigenvalue weighted by atomic mass is 32.2. The second-order valence-electron chi connectivity index (χ2n) is 6.64. The summed E-state index contributed by atoms with van der Waals surface area (Å²) in [5, 5.41) is 5.36. The van der Waals surface area contributed by atoms with Crippen LogP contribution in [0.5, 0.6) is 0 Å². The normalized spacial score (nSPS) is 12.1. The van der Waals surface area contributed by atoms with Crippen molar-refractivity contribution in [1.82, 2.24) is 9.97 Å². The maximum absolute atomic E-state index is 11.9. The number of sulfonamides is 1. The van der Waals surface area contributed by atoms with Crippen LogP contribution in [0.4, 0.5) is 0 Å². The molecule has 0 bridgehead atoms. The fourth-order valence-corrected chi connectivity index (χ4v) is 3.84. The molecule has 28 heavy (non-hydrogen) atoms. The van der Waals surface area contributed by atoms with E-state index in [0.29, 0.717) is 5.56 Å². The largest absolute Gasteiger partial charge is 0.338 e. The van der Waals surface area contributed by atoms with Gasteiger partial charge in [-0.3, -0.25) is 0 Å². The first-order valence-corrected chi connectivity index (χ1v) is 10.3. The molecule has 3 N–H and O–H groups in total. The van der Waals surface area contributed by atoms with Gasteiger partial charge in [0.2, 0.25) is 10.0 Å². The van der Waals surface area contributed by atoms with E-state index in [1.807, 2.05) is 30.4 Å². The third-order valence-corrected chi connectivity index (χ3v) is 5.48. The number of hydrogen-bond donors (Lipinski definition) is 2. The zero-order chi connectivity index (χ0) is 19.7. The first kappa shape index (κ1) is 18.2. The maximum atomic E-state index is 11.9. The Morgan fingerprint density at radius 3 is 2.46 bits per heavy atom. The Morgan fingerprint density at radius 1 is 0.964 bits per heavy atom. The summed E-state index contributed by atoms with van der Waals surface area (Å²) in [4.78, 5) is 7.94. The van der Waals surface area contributed by atoms with E-state index < -0.39 is 10.0 Å². The Hall–Kier alpha value is -3.22. The Kier molecular flexibility index (Phi) is 4.58. The van der Waals surface area contributed by atoms with E-state index in [2.05, 4.69) is 41.2 Å². The number of nitrogens with zero attached hydrogens (tertiary/aromatic N) is 1. The molecular formula is C22H19N3O2S. The first-order chi connectivity index (χ1) is 13.4. The van der Waals surface area contributed by atoms with Gasteiger partial charge in [-0.2, -0.15) is 0 Å². The van der Waals surface area contributed by atoms with Gasteiger partial charge in [0.15, 0.2) is 0 Å². The number of primary sulfonamides is 1. The minimum Gasteiger partial charge on any atom is -0.338 e. The van der Waals surface area contributed by atoms with Gasteiger partial charge >= 0.3 is 0 Å². The average molecular weight is 389 g/mol. The summed E-state index contributed by atoms with van der Waals surface area (Å²) in [6.45, 7) is 2.05. The molecule has 0 atom stereocenters. The van der Waals surface area contributed by atoms with E-state index in [9.17, 15) is 8.42 Å². The molecular weight excluding hydrogens is 370 g/mol. The summed E-state index contributed by atoms with van der Waals surface area (Å²) in [7, 11) is -3.81. The first-order valence-electron chi connectivity index (χ1n) is 8.77. The molecule has 0 aliphatic heterocycles. The second-order valence-corrected chi connectivity index (χ2v) is 8.17. The van der Waals surface area contributed by atoms with E-state index in [-0.39, 0.29) is 4.90 Å². The highest BCUT2D eigenvalue weighted by molar-refractivity contribution is 7.89. The van der Waals surface area contributed by atoms with Crippen LogP contribution in [0.25, 0.3) is 34.3 Å². The lowest BCUT2D eigenvalue weighted by molar-refractivity contribution is 0.598. The number of imidazole rings is 1. The summed E-state index contributed by atoms with van der Waals surface area (Å²) in [5.74, 6) is 0.729. The van der Waals surface area contributed by atoms with Gasteiger partial charge in [0.25, 0.3) is 0 Å². The van der Waals surface area contributed by atoms with Gasteiger partial charge in [-0.1, -0.05) is 60.2 Å². The van der Waals surface area contributed by atoms with Gasteiger partial charge in [0.1, 0.15) is 5.82 Å². The van der Waals surface area contributed by atoms with Crippen molar-refractivity contribution in [1.29, 1.82) is 0 Å². The molecule has 0 spiro atoms. The molecule has 4 aromatic rings. The topological polar surface area (TPSA) is 88.8 Å². The predicted molar refractivity (Wildman–Crippen MR) is 113 cm³/mol. The van der Waals surface area contributed by atoms with Crippen LogP contribution in [0.1, 0.15) is 17.0 Å². The molecule has 0 amide bonds. The van der Waals surface area contributed by atoms with Crippen LogP contribution in [-0.4, -0.2) is 18.4 Å². The third-order valence-electron chi connectivity index (χ3n) is 4.52. The highest BCUT2D eigenvalue weighted by Gasteiger charge is 2.15. The summed E-state index contributed by atoms with van der Waals surface area (Å²) >= 11 is 0. The van der Waals surface area contributed by atoms with Crippen molar-refractivity contribution in [2.75, 3.05) is 0 Å². The second kappa shape index (κ2) is 7.07. The number of aromatic nitrogens is 2. The lowest BCUT2D eigenvalue weighted by atomic mass is 10.1. The van der Waals surface area contributed by atoms with Crippen LogP contribution in [0, 0.1) is 6.92 Å². The van der Waals surface area contributed by atoms with Crippen LogP contribution in [0.3, 0.4) is 0 Å². The minimum atomic E-state index is -3.81. The Bertz CT molecular complexity index is 1290. The lowest BCUT2D eigenvalue weighted by Crippen LogP contribution is -2.13. The Labute approximate surface area is 163 Å². The molecule has 0 fully saturated rings. The molecule has 6 heteroatoms. The van der Waals surface area contributed by atoms with Gasteiger partial charge in [-0.25, -0.2) is 18.5 Å². The zero-order valence-corrected chi connectivity index (χ0v) is 16.1. The third kappa shape index (κ3) is 3.74. The monoisotopic (exact) mass is 389 g/mol. The standard InChI is InChI=1S/C22H19N3O2S/c1-15-6-8-16(9-7-15)10-13-22-24-19-12-11-17(14-20(19)25-22)18-4-2-3-5-21(18)28(23,26)27/h2-14H,1H3,(H,24,25)(H2,23,26,27). The zero-order valence-electron chi connectivity index (χ0n) is 15.3. The van der Waals surface area contributed by atoms with E-state index in [0.717, 1.165) is 28.0 Å². The molecule has 1 heterocycles. The van der Waals surface area contributed by atoms with Crippen molar-refractivity contribution in [2.45, 2.75) is 11.8 Å². The number of fused-ring (bicyclic) bond motifs is 1. The molecule has 1 aromatic heterocycles. The lowest BCUT2D eigenvalue weighted by Gasteiger charge is -2.07. The van der Waals surface area contributed by atoms with Crippen molar-refractivity contribution in [3.05, 3.63) is 83.7 Å². The molecule has 140 valence electrons. The van der Waals surface area contributed by atoms with Crippen LogP contribution in [0.15, 0.2) is 71.6 Å². The molecule has 0 saturated carbocycles. The van der Waals surface area contributed by atoms with E-state index >= 15 is 0 Å². The average Bonchev–Trinajstić information content (AvgIpc) is 3.09. The summed E-state index contributed by atoms with van der Waals surface area (Å²) in [5.41, 5.74) is 5.26. The molecule has 0 saturated heterocycles. The smallest absolute Gasteiger partial charge is 0.238 e. The molecule has 0 unspecified atom stereocenters. The summed E-state index contributed by atoms with van der Waals surface area (Å²) in [6.07, 6.45) is 3.91. The number of aromatic amines is 1. The van der Waals surface area contributed by atoms with Crippen molar-refractivity contribution >= 4 is 33.2 Å². The van der Waals surface area contributed by atoms with Crippen molar-refractivity contribution in [3.8, 4) is 11.1 Å². The molecule has 5 nitrogen and oxygen atoms in total. The SMILES string of the molecule is Cc1ccc(C=Cc2nc3ccc(-c4ccccc4S(N)(=O)=O)cc3[nH]2)cc1. The van der Waals surface area contributed by atoms with E-state index in [1.54, 1.807) is 18.2 Å². The van der Waals surface area contributed by atoms with Crippen molar-refractivity contribution in [2.24, 2.45) is 5.14 Å². The van der Waals surface area contributed by atoms with Crippen LogP contribution in [0.2, 0.25) is 0 Å². The van der Waals surface area contributed by atoms with E-state index in [1.165, 1.54) is 11.6 Å². The van der Waals surface area contributed by atoms with Gasteiger partial charge in [0, 0.05) is 5.56 Å². The Balaban J connectivity index is 1.71. The fraction of sp³-hybridized carbons (Fsp3) is 0.0455. The van der Waals surface area contributed by atoms with Crippen molar-refractivity contribution < 1.29 is 8.42 Å². The molecule has 4 rings (SSSR count). The fourth-order valence-electron chi connectivity index (χ4n) is 3.08. The van der Waals surface area contributed by atoms with E-state index in [4.69, 9.17) is 5.14 Å². The number of hydrogen-bond acceptors (Lipinski definition) is 3. The molecule has 0 aliphatic carbocycles. The Morgan fingerprint density at radius 2 is 1.71 bits per heavy atom. The molecule has 3 aromatic carbocycles. The number of rotatable bonds is 4. The molecule has 0 radical (unpaired) electrons. The summed E-state index contributed by atoms with van der Waals surface area (Å²) in [6, 6.07) is 20.5. The number of H-pyrrole nitrogens is 1. The minimum absolute atomic E-state index is 0.105. The molecule has 0 aliphatic rings. The van der Waals surface area contributed by atoms with Gasteiger partial charge in [-0.15, -0.1) is 0 Å². The van der Waals surface area contributed by atoms with Crippen molar-refractivity contribution in [3.63, 3.8) is 0 Å². The van der Waals surface area contributed by atoms with Crippen LogP contribution >= 0.6 is 0 Å². The maximum Gasteiger partial charge on any atom is 0.238 e. The number of nitrogens with one attached hydrogen (secondary N) is 1. The number of nitrogens with two attached hydrogens (primary N) is 1. The quantitative estimate of drug-likeness (QED) is 0.544. The van der Waals surface area contributed by atoms with Gasteiger partial charge in [-0.05, 0) is 42.3 Å². The predicted octanol–water partition coefficient (Wildman–Crippen LogP) is 4.36. The van der Waals surface area contributed by atoms with Crippen LogP contribution in [-0.2, 0) is 10.0 Å². The summed E-state index contributed by atoms with van der Waals surface area (Å²) < 4.78 is 23.8. The van der Waals surface area contributed by atoms with Gasteiger partial charge in [0.05, 0.1) is 15.9 Å². The number of aryl methyl sites for hydroxylation is 1. The highest BCUT2D eigenvalue weighted by Crippen LogP contribution is 2.28. The van der Waals surface area contributed by atoms with Crippen LogP contribution < -0.4 is 5.14 Å².